The molecule has 1 atom stereocenters. The topological polar surface area (TPSA) is 32.3 Å². The number of benzene rings is 1. The summed E-state index contributed by atoms with van der Waals surface area (Å²) in [5.74, 6) is 0. The van der Waals surface area contributed by atoms with E-state index in [2.05, 4.69) is 36.5 Å². The lowest BCUT2D eigenvalue weighted by atomic mass is 9.86. The molecule has 0 saturated heterocycles. The number of hydrogen-bond acceptors (Lipinski definition) is 2. The van der Waals surface area contributed by atoms with Crippen molar-refractivity contribution in [3.63, 3.8) is 0 Å². The summed E-state index contributed by atoms with van der Waals surface area (Å²) < 4.78 is 0. The van der Waals surface area contributed by atoms with E-state index in [1.165, 1.54) is 44.1 Å². The van der Waals surface area contributed by atoms with E-state index in [0.717, 1.165) is 6.42 Å². The number of aliphatic hydroxyl groups excluding tert-OH is 1. The quantitative estimate of drug-likeness (QED) is 0.794. The van der Waals surface area contributed by atoms with Crippen LogP contribution in [-0.2, 0) is 5.54 Å². The minimum absolute atomic E-state index is 0.171. The number of nitrogens with one attached hydrogen (secondary N) is 1. The Bertz CT molecular complexity index is 351. The zero-order chi connectivity index (χ0) is 13.6. The van der Waals surface area contributed by atoms with E-state index in [0.29, 0.717) is 6.04 Å². The first-order chi connectivity index (χ1) is 9.30. The van der Waals surface area contributed by atoms with E-state index < -0.39 is 0 Å². The third-order valence-corrected chi connectivity index (χ3v) is 4.54. The summed E-state index contributed by atoms with van der Waals surface area (Å²) in [5, 5.41) is 13.7. The van der Waals surface area contributed by atoms with Crippen LogP contribution in [0.25, 0.3) is 0 Å². The SMILES string of the molecule is CCC(CO)(NC1CCCCCC1)c1ccccc1. The van der Waals surface area contributed by atoms with Gasteiger partial charge in [0, 0.05) is 6.04 Å². The van der Waals surface area contributed by atoms with Crippen LogP contribution < -0.4 is 5.32 Å². The summed E-state index contributed by atoms with van der Waals surface area (Å²) in [5.41, 5.74) is 0.945. The second-order valence-electron chi connectivity index (χ2n) is 5.79. The molecule has 106 valence electrons. The zero-order valence-corrected chi connectivity index (χ0v) is 12.1. The van der Waals surface area contributed by atoms with Gasteiger partial charge in [-0.2, -0.15) is 0 Å². The van der Waals surface area contributed by atoms with E-state index in [1.807, 2.05) is 6.07 Å². The lowest BCUT2D eigenvalue weighted by Crippen LogP contribution is -2.50. The summed E-state index contributed by atoms with van der Waals surface area (Å²) in [6.45, 7) is 2.33. The molecule has 2 N–H and O–H groups in total. The van der Waals surface area contributed by atoms with Gasteiger partial charge in [-0.3, -0.25) is 0 Å². The first kappa shape index (κ1) is 14.5. The predicted octanol–water partition coefficient (Wildman–Crippen LogP) is 3.60. The lowest BCUT2D eigenvalue weighted by Gasteiger charge is -2.36. The van der Waals surface area contributed by atoms with Gasteiger partial charge in [0.1, 0.15) is 0 Å². The molecule has 1 aliphatic rings. The molecule has 0 spiro atoms. The molecule has 1 aromatic carbocycles. The average Bonchev–Trinajstić information content (AvgIpc) is 2.74. The Hall–Kier alpha value is -0.860. The predicted molar refractivity (Wildman–Crippen MR) is 80.1 cm³/mol. The van der Waals surface area contributed by atoms with Gasteiger partial charge < -0.3 is 10.4 Å². The highest BCUT2D eigenvalue weighted by Crippen LogP contribution is 2.28. The first-order valence-corrected chi connectivity index (χ1v) is 7.75. The molecule has 0 aromatic heterocycles. The Morgan fingerprint density at radius 3 is 2.26 bits per heavy atom. The molecule has 19 heavy (non-hydrogen) atoms. The van der Waals surface area contributed by atoms with Crippen molar-refractivity contribution >= 4 is 0 Å². The molecule has 0 radical (unpaired) electrons. The van der Waals surface area contributed by atoms with Crippen LogP contribution in [0.15, 0.2) is 30.3 Å². The minimum atomic E-state index is -0.268. The Labute approximate surface area is 117 Å². The highest BCUT2D eigenvalue weighted by atomic mass is 16.3. The third-order valence-electron chi connectivity index (χ3n) is 4.54. The molecule has 1 aliphatic carbocycles. The van der Waals surface area contributed by atoms with Crippen LogP contribution in [0.1, 0.15) is 57.4 Å². The summed E-state index contributed by atoms with van der Waals surface area (Å²) in [7, 11) is 0. The maximum absolute atomic E-state index is 9.97. The van der Waals surface area contributed by atoms with Crippen LogP contribution in [0, 0.1) is 0 Å². The maximum atomic E-state index is 9.97. The number of aliphatic hydroxyl groups is 1. The monoisotopic (exact) mass is 261 g/mol. The molecule has 1 aromatic rings. The fraction of sp³-hybridized carbons (Fsp3) is 0.647. The van der Waals surface area contributed by atoms with Crippen LogP contribution >= 0.6 is 0 Å². The third kappa shape index (κ3) is 3.58. The Morgan fingerprint density at radius 1 is 1.11 bits per heavy atom. The molecule has 0 amide bonds. The molecule has 1 saturated carbocycles. The highest BCUT2D eigenvalue weighted by Gasteiger charge is 2.31. The van der Waals surface area contributed by atoms with E-state index in [9.17, 15) is 5.11 Å². The molecule has 2 rings (SSSR count). The molecule has 0 aliphatic heterocycles. The van der Waals surface area contributed by atoms with Crippen LogP contribution in [0.3, 0.4) is 0 Å². The van der Waals surface area contributed by atoms with Crippen molar-refractivity contribution in [2.75, 3.05) is 6.61 Å². The summed E-state index contributed by atoms with van der Waals surface area (Å²) >= 11 is 0. The fourth-order valence-electron chi connectivity index (χ4n) is 3.21. The van der Waals surface area contributed by atoms with Gasteiger partial charge in [0.15, 0.2) is 0 Å². The van der Waals surface area contributed by atoms with Gasteiger partial charge >= 0.3 is 0 Å². The number of hydrogen-bond donors (Lipinski definition) is 2. The van der Waals surface area contributed by atoms with Crippen molar-refractivity contribution in [2.45, 2.75) is 63.5 Å². The summed E-state index contributed by atoms with van der Waals surface area (Å²) in [6, 6.07) is 11.0. The van der Waals surface area contributed by atoms with E-state index in [1.54, 1.807) is 0 Å². The molecular formula is C17H27NO. The number of rotatable bonds is 5. The summed E-state index contributed by atoms with van der Waals surface area (Å²) in [4.78, 5) is 0. The van der Waals surface area contributed by atoms with Crippen molar-refractivity contribution < 1.29 is 5.11 Å². The van der Waals surface area contributed by atoms with Gasteiger partial charge in [-0.05, 0) is 24.8 Å². The van der Waals surface area contributed by atoms with Crippen LogP contribution in [0.2, 0.25) is 0 Å². The van der Waals surface area contributed by atoms with Gasteiger partial charge in [0.05, 0.1) is 12.1 Å². The van der Waals surface area contributed by atoms with Crippen molar-refractivity contribution in [2.24, 2.45) is 0 Å². The van der Waals surface area contributed by atoms with Crippen molar-refractivity contribution in [3.8, 4) is 0 Å². The van der Waals surface area contributed by atoms with E-state index in [4.69, 9.17) is 0 Å². The maximum Gasteiger partial charge on any atom is 0.0668 e. The molecule has 2 heteroatoms. The Morgan fingerprint density at radius 2 is 1.74 bits per heavy atom. The van der Waals surface area contributed by atoms with Gasteiger partial charge in [0.25, 0.3) is 0 Å². The second kappa shape index (κ2) is 7.06. The van der Waals surface area contributed by atoms with Crippen molar-refractivity contribution in [1.82, 2.24) is 5.32 Å². The molecule has 0 bridgehead atoms. The van der Waals surface area contributed by atoms with Crippen LogP contribution in [0.4, 0.5) is 0 Å². The largest absolute Gasteiger partial charge is 0.394 e. The minimum Gasteiger partial charge on any atom is -0.394 e. The second-order valence-corrected chi connectivity index (χ2v) is 5.79. The highest BCUT2D eigenvalue weighted by molar-refractivity contribution is 5.24. The van der Waals surface area contributed by atoms with Crippen LogP contribution in [0.5, 0.6) is 0 Å². The normalized spacial score (nSPS) is 20.7. The average molecular weight is 261 g/mol. The fourth-order valence-corrected chi connectivity index (χ4v) is 3.21. The smallest absolute Gasteiger partial charge is 0.0668 e. The van der Waals surface area contributed by atoms with E-state index >= 15 is 0 Å². The molecule has 1 unspecified atom stereocenters. The van der Waals surface area contributed by atoms with Gasteiger partial charge in [-0.1, -0.05) is 62.9 Å². The van der Waals surface area contributed by atoms with Gasteiger partial charge in [-0.15, -0.1) is 0 Å². The van der Waals surface area contributed by atoms with E-state index in [-0.39, 0.29) is 12.1 Å². The van der Waals surface area contributed by atoms with Crippen LogP contribution in [-0.4, -0.2) is 17.8 Å². The lowest BCUT2D eigenvalue weighted by molar-refractivity contribution is 0.137. The molecule has 0 heterocycles. The van der Waals surface area contributed by atoms with Gasteiger partial charge in [0.2, 0.25) is 0 Å². The Kier molecular flexibility index (Phi) is 5.41. The van der Waals surface area contributed by atoms with Crippen molar-refractivity contribution in [3.05, 3.63) is 35.9 Å². The molecular weight excluding hydrogens is 234 g/mol. The molecule has 2 nitrogen and oxygen atoms in total. The van der Waals surface area contributed by atoms with Crippen molar-refractivity contribution in [1.29, 1.82) is 0 Å². The Balaban J connectivity index is 2.14. The zero-order valence-electron chi connectivity index (χ0n) is 12.1. The standard InChI is InChI=1S/C17H27NO/c1-2-17(14-19,15-10-6-5-7-11-15)18-16-12-8-3-4-9-13-16/h5-7,10-11,16,18-19H,2-4,8-9,12-14H2,1H3. The molecule has 1 fully saturated rings. The van der Waals surface area contributed by atoms with Gasteiger partial charge in [-0.25, -0.2) is 0 Å². The first-order valence-electron chi connectivity index (χ1n) is 7.75. The summed E-state index contributed by atoms with van der Waals surface area (Å²) in [6.07, 6.45) is 8.77.